The first-order valence-electron chi connectivity index (χ1n) is 2.68. The summed E-state index contributed by atoms with van der Waals surface area (Å²) in [5, 5.41) is 0. The standard InChI is InChI=1S/C6H7N/c1-6-4-2-3-5-7-6/h2-5H,1H3/i2D. The molecule has 0 aliphatic heterocycles. The van der Waals surface area contributed by atoms with Crippen molar-refractivity contribution in [3.63, 3.8) is 0 Å². The van der Waals surface area contributed by atoms with Crippen LogP contribution >= 0.6 is 0 Å². The molecule has 0 aromatic carbocycles. The van der Waals surface area contributed by atoms with Gasteiger partial charge in [0.05, 0.1) is 1.37 Å². The molecule has 0 saturated carbocycles. The van der Waals surface area contributed by atoms with Crippen LogP contribution in [0.5, 0.6) is 0 Å². The monoisotopic (exact) mass is 94.1 g/mol. The van der Waals surface area contributed by atoms with Gasteiger partial charge in [0, 0.05) is 11.9 Å². The average Bonchev–Trinajstić information content (AvgIpc) is 1.64. The van der Waals surface area contributed by atoms with Crippen LogP contribution in [-0.2, 0) is 0 Å². The van der Waals surface area contributed by atoms with Crippen molar-refractivity contribution in [1.82, 2.24) is 4.98 Å². The lowest BCUT2D eigenvalue weighted by molar-refractivity contribution is 1.20. The molecule has 0 bridgehead atoms. The van der Waals surface area contributed by atoms with Crippen LogP contribution in [0.2, 0.25) is 0 Å². The van der Waals surface area contributed by atoms with Crippen molar-refractivity contribution in [2.75, 3.05) is 0 Å². The normalized spacial score (nSPS) is 10.7. The highest BCUT2D eigenvalue weighted by Gasteiger charge is 1.73. The van der Waals surface area contributed by atoms with Gasteiger partial charge >= 0.3 is 0 Å². The van der Waals surface area contributed by atoms with Gasteiger partial charge in [-0.2, -0.15) is 0 Å². The minimum Gasteiger partial charge on any atom is -0.262 e. The van der Waals surface area contributed by atoms with Gasteiger partial charge in [-0.1, -0.05) is 6.04 Å². The molecule has 36 valence electrons. The molecule has 0 radical (unpaired) electrons. The maximum absolute atomic E-state index is 7.10. The average molecular weight is 94.1 g/mol. The minimum absolute atomic E-state index is 0.525. The van der Waals surface area contributed by atoms with Gasteiger partial charge in [0.2, 0.25) is 0 Å². The molecule has 1 rings (SSSR count). The van der Waals surface area contributed by atoms with Gasteiger partial charge in [0.1, 0.15) is 0 Å². The first kappa shape index (κ1) is 3.19. The highest BCUT2D eigenvalue weighted by atomic mass is 14.6. The van der Waals surface area contributed by atoms with E-state index in [1.165, 1.54) is 0 Å². The first-order chi connectivity index (χ1) is 3.79. The number of pyridine rings is 1. The lowest BCUT2D eigenvalue weighted by Gasteiger charge is -1.82. The van der Waals surface area contributed by atoms with Crippen LogP contribution in [-0.4, -0.2) is 4.98 Å². The zero-order valence-electron chi connectivity index (χ0n) is 5.18. The molecule has 0 unspecified atom stereocenters. The van der Waals surface area contributed by atoms with Gasteiger partial charge in [-0.25, -0.2) is 0 Å². The number of aryl methyl sites for hydroxylation is 1. The van der Waals surface area contributed by atoms with Crippen molar-refractivity contribution in [2.45, 2.75) is 6.92 Å². The summed E-state index contributed by atoms with van der Waals surface area (Å²) >= 11 is 0. The van der Waals surface area contributed by atoms with E-state index < -0.39 is 0 Å². The predicted molar refractivity (Wildman–Crippen MR) is 29.0 cm³/mol. The minimum atomic E-state index is 0.525. The Balaban J connectivity index is 3.08. The van der Waals surface area contributed by atoms with E-state index in [1.807, 2.05) is 6.92 Å². The van der Waals surface area contributed by atoms with Crippen molar-refractivity contribution in [3.05, 3.63) is 30.1 Å². The maximum atomic E-state index is 7.10. The molecule has 0 aliphatic rings. The Labute approximate surface area is 44.4 Å². The van der Waals surface area contributed by atoms with Gasteiger partial charge in [-0.15, -0.1) is 0 Å². The molecule has 0 saturated heterocycles. The fraction of sp³-hybridized carbons (Fsp3) is 0.167. The molecule has 0 atom stereocenters. The van der Waals surface area contributed by atoms with Crippen molar-refractivity contribution >= 4 is 0 Å². The Morgan fingerprint density at radius 2 is 2.71 bits per heavy atom. The van der Waals surface area contributed by atoms with Crippen LogP contribution in [0.1, 0.15) is 7.06 Å². The fourth-order valence-corrected chi connectivity index (χ4v) is 0.404. The number of aromatic nitrogens is 1. The van der Waals surface area contributed by atoms with E-state index in [1.54, 1.807) is 18.3 Å². The van der Waals surface area contributed by atoms with Crippen LogP contribution in [0.3, 0.4) is 0 Å². The van der Waals surface area contributed by atoms with Gasteiger partial charge < -0.3 is 0 Å². The second kappa shape index (κ2) is 1.73. The first-order valence-corrected chi connectivity index (χ1v) is 2.18. The molecule has 0 amide bonds. The molecule has 1 aromatic heterocycles. The van der Waals surface area contributed by atoms with Gasteiger partial charge in [-0.3, -0.25) is 4.98 Å². The van der Waals surface area contributed by atoms with Crippen LogP contribution in [0, 0.1) is 6.92 Å². The second-order valence-electron chi connectivity index (χ2n) is 1.40. The van der Waals surface area contributed by atoms with E-state index in [0.29, 0.717) is 6.04 Å². The maximum Gasteiger partial charge on any atom is 0.0624 e. The number of hydrogen-bond donors (Lipinski definition) is 0. The molecular weight excluding hydrogens is 86.1 g/mol. The summed E-state index contributed by atoms with van der Waals surface area (Å²) in [7, 11) is 0. The van der Waals surface area contributed by atoms with Crippen molar-refractivity contribution < 1.29 is 1.37 Å². The predicted octanol–water partition coefficient (Wildman–Crippen LogP) is 1.39. The highest BCUT2D eigenvalue weighted by molar-refractivity contribution is 4.99. The van der Waals surface area contributed by atoms with Gasteiger partial charge in [0.15, 0.2) is 0 Å². The van der Waals surface area contributed by atoms with Crippen LogP contribution in [0.4, 0.5) is 0 Å². The molecule has 1 heteroatoms. The van der Waals surface area contributed by atoms with E-state index in [0.717, 1.165) is 5.69 Å². The topological polar surface area (TPSA) is 12.9 Å². The van der Waals surface area contributed by atoms with Crippen LogP contribution < -0.4 is 0 Å². The summed E-state index contributed by atoms with van der Waals surface area (Å²) in [6.07, 6.45) is 1.64. The molecule has 0 N–H and O–H groups in total. The summed E-state index contributed by atoms with van der Waals surface area (Å²) < 4.78 is 7.10. The van der Waals surface area contributed by atoms with E-state index in [2.05, 4.69) is 4.98 Å². The SMILES string of the molecule is [2H]c1ccnc(C)c1. The Bertz CT molecular complexity index is 168. The zero-order valence-corrected chi connectivity index (χ0v) is 4.18. The number of nitrogens with zero attached hydrogens (tertiary/aromatic N) is 1. The third-order valence-electron chi connectivity index (χ3n) is 0.741. The summed E-state index contributed by atoms with van der Waals surface area (Å²) in [5.41, 5.74) is 0.900. The van der Waals surface area contributed by atoms with Crippen molar-refractivity contribution in [2.24, 2.45) is 0 Å². The molecular formula is C6H7N. The van der Waals surface area contributed by atoms with Gasteiger partial charge in [0.25, 0.3) is 0 Å². The Hall–Kier alpha value is -0.850. The molecule has 7 heavy (non-hydrogen) atoms. The Kier molecular flexibility index (Phi) is 0.791. The third-order valence-corrected chi connectivity index (χ3v) is 0.741. The lowest BCUT2D eigenvalue weighted by atomic mass is 10.4. The summed E-state index contributed by atoms with van der Waals surface area (Å²) in [6.45, 7) is 1.87. The molecule has 0 spiro atoms. The Morgan fingerprint density at radius 1 is 1.86 bits per heavy atom. The second-order valence-corrected chi connectivity index (χ2v) is 1.40. The molecule has 1 nitrogen and oxygen atoms in total. The summed E-state index contributed by atoms with van der Waals surface area (Å²) in [4.78, 5) is 3.92. The quantitative estimate of drug-likeness (QED) is 0.473. The van der Waals surface area contributed by atoms with Gasteiger partial charge in [-0.05, 0) is 19.1 Å². The highest BCUT2D eigenvalue weighted by Crippen LogP contribution is 1.85. The summed E-state index contributed by atoms with van der Waals surface area (Å²) in [5.74, 6) is 0. The van der Waals surface area contributed by atoms with E-state index in [9.17, 15) is 0 Å². The van der Waals surface area contributed by atoms with Crippen molar-refractivity contribution in [1.29, 1.82) is 0 Å². The van der Waals surface area contributed by atoms with Crippen molar-refractivity contribution in [3.8, 4) is 0 Å². The number of rotatable bonds is 0. The van der Waals surface area contributed by atoms with E-state index in [4.69, 9.17) is 1.37 Å². The van der Waals surface area contributed by atoms with Crippen LogP contribution in [0.25, 0.3) is 0 Å². The molecule has 0 aliphatic carbocycles. The largest absolute Gasteiger partial charge is 0.262 e. The molecule has 1 heterocycles. The van der Waals surface area contributed by atoms with Crippen LogP contribution in [0.15, 0.2) is 24.4 Å². The van der Waals surface area contributed by atoms with E-state index >= 15 is 0 Å². The summed E-state index contributed by atoms with van der Waals surface area (Å²) in [6, 6.07) is 3.91. The Morgan fingerprint density at radius 3 is 3.14 bits per heavy atom. The molecule has 0 fully saturated rings. The number of hydrogen-bond acceptors (Lipinski definition) is 1. The fourth-order valence-electron chi connectivity index (χ4n) is 0.404. The smallest absolute Gasteiger partial charge is 0.0624 e. The zero-order chi connectivity index (χ0) is 5.98. The lowest BCUT2D eigenvalue weighted by Crippen LogP contribution is -1.72. The third kappa shape index (κ3) is 1.000. The molecule has 1 aromatic rings. The van der Waals surface area contributed by atoms with E-state index in [-0.39, 0.29) is 0 Å².